The van der Waals surface area contributed by atoms with E-state index in [2.05, 4.69) is 5.32 Å². The largest absolute Gasteiger partial charge is 0.497 e. The molecule has 0 heterocycles. The second kappa shape index (κ2) is 9.62. The SMILES string of the molecule is COc1ccc(OC)c(CCC(=O)NC(CC(=O)O)c2ccccc2C)c1. The summed E-state index contributed by atoms with van der Waals surface area (Å²) < 4.78 is 10.6. The van der Waals surface area contributed by atoms with Crippen LogP contribution in [-0.2, 0) is 16.0 Å². The van der Waals surface area contributed by atoms with Crippen molar-refractivity contribution < 1.29 is 24.2 Å². The lowest BCUT2D eigenvalue weighted by atomic mass is 9.98. The van der Waals surface area contributed by atoms with Crippen molar-refractivity contribution in [1.29, 1.82) is 0 Å². The molecule has 0 aliphatic heterocycles. The smallest absolute Gasteiger partial charge is 0.305 e. The standard InChI is InChI=1S/C21H25NO5/c1-14-6-4-5-7-17(14)18(13-21(24)25)22-20(23)11-8-15-12-16(26-2)9-10-19(15)27-3/h4-7,9-10,12,18H,8,11,13H2,1-3H3,(H,22,23)(H,24,25). The quantitative estimate of drug-likeness (QED) is 0.707. The molecule has 0 spiro atoms. The molecule has 0 saturated heterocycles. The Balaban J connectivity index is 2.08. The van der Waals surface area contributed by atoms with Crippen molar-refractivity contribution in [2.24, 2.45) is 0 Å². The summed E-state index contributed by atoms with van der Waals surface area (Å²) in [4.78, 5) is 23.7. The average molecular weight is 371 g/mol. The van der Waals surface area contributed by atoms with Crippen LogP contribution in [0.2, 0.25) is 0 Å². The van der Waals surface area contributed by atoms with Gasteiger partial charge in [-0.25, -0.2) is 0 Å². The van der Waals surface area contributed by atoms with Crippen molar-refractivity contribution in [3.05, 3.63) is 59.2 Å². The van der Waals surface area contributed by atoms with Gasteiger partial charge in [0.1, 0.15) is 11.5 Å². The van der Waals surface area contributed by atoms with Crippen LogP contribution in [0.1, 0.15) is 35.6 Å². The van der Waals surface area contributed by atoms with Crippen molar-refractivity contribution in [2.75, 3.05) is 14.2 Å². The molecule has 6 heteroatoms. The Kier molecular flexibility index (Phi) is 7.23. The zero-order valence-corrected chi connectivity index (χ0v) is 15.8. The van der Waals surface area contributed by atoms with Crippen molar-refractivity contribution in [3.8, 4) is 11.5 Å². The molecule has 0 fully saturated rings. The molecule has 0 radical (unpaired) electrons. The minimum Gasteiger partial charge on any atom is -0.497 e. The number of methoxy groups -OCH3 is 2. The van der Waals surface area contributed by atoms with E-state index in [9.17, 15) is 14.7 Å². The van der Waals surface area contributed by atoms with E-state index in [-0.39, 0.29) is 18.7 Å². The molecule has 0 bridgehead atoms. The third-order valence-corrected chi connectivity index (χ3v) is 4.39. The minimum absolute atomic E-state index is 0.168. The number of carboxylic acid groups (broad SMARTS) is 1. The summed E-state index contributed by atoms with van der Waals surface area (Å²) in [6.45, 7) is 1.90. The van der Waals surface area contributed by atoms with Gasteiger partial charge in [-0.15, -0.1) is 0 Å². The molecule has 2 N–H and O–H groups in total. The highest BCUT2D eigenvalue weighted by Crippen LogP contribution is 2.25. The van der Waals surface area contributed by atoms with Crippen LogP contribution >= 0.6 is 0 Å². The Morgan fingerprint density at radius 2 is 1.85 bits per heavy atom. The first kappa shape index (κ1) is 20.3. The van der Waals surface area contributed by atoms with Crippen LogP contribution in [0.25, 0.3) is 0 Å². The normalized spacial score (nSPS) is 11.5. The molecular weight excluding hydrogens is 346 g/mol. The summed E-state index contributed by atoms with van der Waals surface area (Å²) >= 11 is 0. The summed E-state index contributed by atoms with van der Waals surface area (Å²) in [5, 5.41) is 12.1. The second-order valence-corrected chi connectivity index (χ2v) is 6.25. The van der Waals surface area contributed by atoms with Crippen LogP contribution in [0.5, 0.6) is 11.5 Å². The molecule has 0 aromatic heterocycles. The van der Waals surface area contributed by atoms with E-state index in [1.165, 1.54) is 0 Å². The first-order chi connectivity index (χ1) is 12.9. The first-order valence-electron chi connectivity index (χ1n) is 8.72. The number of carbonyl (C=O) groups excluding carboxylic acids is 1. The zero-order chi connectivity index (χ0) is 19.8. The number of ether oxygens (including phenoxy) is 2. The monoisotopic (exact) mass is 371 g/mol. The minimum atomic E-state index is -0.960. The highest BCUT2D eigenvalue weighted by molar-refractivity contribution is 5.78. The second-order valence-electron chi connectivity index (χ2n) is 6.25. The van der Waals surface area contributed by atoms with E-state index in [1.807, 2.05) is 37.3 Å². The van der Waals surface area contributed by atoms with Gasteiger partial charge in [0.25, 0.3) is 0 Å². The van der Waals surface area contributed by atoms with Gasteiger partial charge >= 0.3 is 5.97 Å². The number of carbonyl (C=O) groups is 2. The maximum atomic E-state index is 12.5. The Morgan fingerprint density at radius 1 is 1.11 bits per heavy atom. The molecule has 0 saturated carbocycles. The van der Waals surface area contributed by atoms with E-state index in [4.69, 9.17) is 9.47 Å². The Labute approximate surface area is 159 Å². The molecule has 2 aromatic carbocycles. The number of carboxylic acids is 1. The van der Waals surface area contributed by atoms with Crippen LogP contribution < -0.4 is 14.8 Å². The van der Waals surface area contributed by atoms with E-state index in [0.717, 1.165) is 16.7 Å². The van der Waals surface area contributed by atoms with Crippen molar-refractivity contribution in [3.63, 3.8) is 0 Å². The topological polar surface area (TPSA) is 84.9 Å². The van der Waals surface area contributed by atoms with Crippen LogP contribution in [0, 0.1) is 6.92 Å². The van der Waals surface area contributed by atoms with Gasteiger partial charge in [-0.05, 0) is 48.2 Å². The maximum absolute atomic E-state index is 12.5. The fourth-order valence-corrected chi connectivity index (χ4v) is 2.98. The highest BCUT2D eigenvalue weighted by Gasteiger charge is 2.19. The summed E-state index contributed by atoms with van der Waals surface area (Å²) in [5.74, 6) is 0.201. The van der Waals surface area contributed by atoms with Gasteiger partial charge in [-0.2, -0.15) is 0 Å². The number of rotatable bonds is 9. The summed E-state index contributed by atoms with van der Waals surface area (Å²) in [6.07, 6.45) is 0.504. The Morgan fingerprint density at radius 3 is 2.48 bits per heavy atom. The van der Waals surface area contributed by atoms with E-state index in [0.29, 0.717) is 17.9 Å². The molecule has 0 aliphatic carbocycles. The molecule has 6 nitrogen and oxygen atoms in total. The number of aliphatic carboxylic acids is 1. The lowest BCUT2D eigenvalue weighted by Gasteiger charge is -2.19. The van der Waals surface area contributed by atoms with Gasteiger partial charge in [-0.3, -0.25) is 9.59 Å². The maximum Gasteiger partial charge on any atom is 0.305 e. The Bertz CT molecular complexity index is 803. The number of amides is 1. The fourth-order valence-electron chi connectivity index (χ4n) is 2.98. The lowest BCUT2D eigenvalue weighted by Crippen LogP contribution is -2.30. The number of hydrogen-bond acceptors (Lipinski definition) is 4. The van der Waals surface area contributed by atoms with Crippen LogP contribution in [0.4, 0.5) is 0 Å². The van der Waals surface area contributed by atoms with Crippen molar-refractivity contribution >= 4 is 11.9 Å². The predicted octanol–water partition coefficient (Wildman–Crippen LogP) is 3.28. The van der Waals surface area contributed by atoms with E-state index < -0.39 is 12.0 Å². The number of aryl methyl sites for hydroxylation is 2. The third-order valence-electron chi connectivity index (χ3n) is 4.39. The van der Waals surface area contributed by atoms with E-state index >= 15 is 0 Å². The molecule has 27 heavy (non-hydrogen) atoms. The van der Waals surface area contributed by atoms with Gasteiger partial charge in [0.2, 0.25) is 5.91 Å². The summed E-state index contributed by atoms with van der Waals surface area (Å²) in [6, 6.07) is 12.3. The van der Waals surface area contributed by atoms with Crippen LogP contribution in [0.15, 0.2) is 42.5 Å². The van der Waals surface area contributed by atoms with Crippen LogP contribution in [0.3, 0.4) is 0 Å². The van der Waals surface area contributed by atoms with Crippen molar-refractivity contribution in [2.45, 2.75) is 32.2 Å². The average Bonchev–Trinajstić information content (AvgIpc) is 2.65. The van der Waals surface area contributed by atoms with Gasteiger partial charge in [0.05, 0.1) is 26.7 Å². The van der Waals surface area contributed by atoms with Crippen molar-refractivity contribution in [1.82, 2.24) is 5.32 Å². The number of nitrogens with one attached hydrogen (secondary N) is 1. The molecular formula is C21H25NO5. The molecule has 1 unspecified atom stereocenters. The molecule has 144 valence electrons. The summed E-state index contributed by atoms with van der Waals surface area (Å²) in [5.41, 5.74) is 2.61. The molecule has 1 amide bonds. The van der Waals surface area contributed by atoms with Crippen LogP contribution in [-0.4, -0.2) is 31.2 Å². The van der Waals surface area contributed by atoms with Gasteiger partial charge in [-0.1, -0.05) is 24.3 Å². The van der Waals surface area contributed by atoms with Gasteiger partial charge in [0, 0.05) is 6.42 Å². The summed E-state index contributed by atoms with van der Waals surface area (Å²) in [7, 11) is 3.16. The molecule has 2 aromatic rings. The number of hydrogen-bond donors (Lipinski definition) is 2. The fraction of sp³-hybridized carbons (Fsp3) is 0.333. The highest BCUT2D eigenvalue weighted by atomic mass is 16.5. The zero-order valence-electron chi connectivity index (χ0n) is 15.8. The molecule has 1 atom stereocenters. The molecule has 0 aliphatic rings. The van der Waals surface area contributed by atoms with Gasteiger partial charge < -0.3 is 19.9 Å². The predicted molar refractivity (Wildman–Crippen MR) is 102 cm³/mol. The first-order valence-corrected chi connectivity index (χ1v) is 8.72. The Hall–Kier alpha value is -3.02. The van der Waals surface area contributed by atoms with Gasteiger partial charge in [0.15, 0.2) is 0 Å². The lowest BCUT2D eigenvalue weighted by molar-refractivity contribution is -0.137. The third kappa shape index (κ3) is 5.74. The van der Waals surface area contributed by atoms with E-state index in [1.54, 1.807) is 26.4 Å². The number of benzene rings is 2. The molecule has 2 rings (SSSR count).